The number of nitrogens with zero attached hydrogens (tertiary/aromatic N) is 2. The van der Waals surface area contributed by atoms with Crippen molar-refractivity contribution in [2.24, 2.45) is 0 Å². The highest BCUT2D eigenvalue weighted by molar-refractivity contribution is 9.10. The number of para-hydroxylation sites is 1. The van der Waals surface area contributed by atoms with Crippen LogP contribution in [0, 0.1) is 0 Å². The summed E-state index contributed by atoms with van der Waals surface area (Å²) in [4.78, 5) is 12.7. The summed E-state index contributed by atoms with van der Waals surface area (Å²) in [6.07, 6.45) is 1.67. The summed E-state index contributed by atoms with van der Waals surface area (Å²) in [6.45, 7) is 3.04. The van der Waals surface area contributed by atoms with Crippen molar-refractivity contribution in [1.29, 1.82) is 0 Å². The molecule has 1 aliphatic rings. The third-order valence-electron chi connectivity index (χ3n) is 3.34. The summed E-state index contributed by atoms with van der Waals surface area (Å²) in [7, 11) is 0. The lowest BCUT2D eigenvalue weighted by Gasteiger charge is -2.10. The smallest absolute Gasteiger partial charge is 0.193 e. The molecule has 0 bridgehead atoms. The highest BCUT2D eigenvalue weighted by Crippen LogP contribution is 2.36. The Hall–Kier alpha value is -1.62. The zero-order valence-corrected chi connectivity index (χ0v) is 12.1. The highest BCUT2D eigenvalue weighted by atomic mass is 79.9. The largest absolute Gasteiger partial charge is 0.492 e. The number of halogens is 1. The minimum Gasteiger partial charge on any atom is -0.492 e. The Balaban J connectivity index is 2.00. The molecular weight excluding hydrogens is 308 g/mol. The van der Waals surface area contributed by atoms with Gasteiger partial charge in [0.2, 0.25) is 0 Å². The predicted octanol–water partition coefficient (Wildman–Crippen LogP) is 3.02. The van der Waals surface area contributed by atoms with E-state index in [4.69, 9.17) is 4.74 Å². The predicted molar refractivity (Wildman–Crippen MR) is 74.6 cm³/mol. The summed E-state index contributed by atoms with van der Waals surface area (Å²) in [6, 6.07) is 7.69. The second-order valence-corrected chi connectivity index (χ2v) is 5.28. The molecule has 0 saturated heterocycles. The summed E-state index contributed by atoms with van der Waals surface area (Å²) < 4.78 is 8.03. The number of carbonyl (C=O) groups is 1. The number of ketones is 1. The number of hydrogen-bond acceptors (Lipinski definition) is 3. The lowest BCUT2D eigenvalue weighted by atomic mass is 9.95. The van der Waals surface area contributed by atoms with Crippen LogP contribution in [0.15, 0.2) is 34.9 Å². The molecule has 2 heterocycles. The topological polar surface area (TPSA) is 44.1 Å². The first kappa shape index (κ1) is 12.4. The third-order valence-corrected chi connectivity index (χ3v) is 3.92. The number of aryl methyl sites for hydroxylation is 1. The Morgan fingerprint density at radius 3 is 3.11 bits per heavy atom. The fourth-order valence-electron chi connectivity index (χ4n) is 2.39. The van der Waals surface area contributed by atoms with E-state index in [0.29, 0.717) is 18.8 Å². The fourth-order valence-corrected chi connectivity index (χ4v) is 2.88. The molecule has 0 radical (unpaired) electrons. The van der Waals surface area contributed by atoms with E-state index in [-0.39, 0.29) is 11.7 Å². The van der Waals surface area contributed by atoms with E-state index < -0.39 is 0 Å². The number of fused-ring (bicyclic) bond motifs is 1. The van der Waals surface area contributed by atoms with Crippen molar-refractivity contribution in [3.63, 3.8) is 0 Å². The Morgan fingerprint density at radius 1 is 1.53 bits per heavy atom. The van der Waals surface area contributed by atoms with Gasteiger partial charge in [0.25, 0.3) is 0 Å². The van der Waals surface area contributed by atoms with Crippen molar-refractivity contribution in [1.82, 2.24) is 9.78 Å². The van der Waals surface area contributed by atoms with Gasteiger partial charge in [-0.3, -0.25) is 9.48 Å². The minimum atomic E-state index is -0.241. The van der Waals surface area contributed by atoms with Crippen molar-refractivity contribution in [2.45, 2.75) is 19.4 Å². The van der Waals surface area contributed by atoms with E-state index in [0.717, 1.165) is 15.8 Å². The molecule has 1 aromatic carbocycles. The van der Waals surface area contributed by atoms with E-state index in [9.17, 15) is 4.79 Å². The van der Waals surface area contributed by atoms with Crippen molar-refractivity contribution >= 4 is 21.7 Å². The van der Waals surface area contributed by atoms with Crippen LogP contribution in [-0.4, -0.2) is 22.2 Å². The quantitative estimate of drug-likeness (QED) is 0.816. The zero-order chi connectivity index (χ0) is 13.4. The molecule has 98 valence electrons. The van der Waals surface area contributed by atoms with E-state index in [1.165, 1.54) is 0 Å². The van der Waals surface area contributed by atoms with Crippen LogP contribution < -0.4 is 4.74 Å². The van der Waals surface area contributed by atoms with Crippen LogP contribution >= 0.6 is 15.9 Å². The Kier molecular flexibility index (Phi) is 3.14. The number of carbonyl (C=O) groups excluding carboxylic acids is 1. The van der Waals surface area contributed by atoms with Crippen LogP contribution in [0.5, 0.6) is 5.75 Å². The van der Waals surface area contributed by atoms with Gasteiger partial charge in [-0.05, 0) is 28.9 Å². The molecule has 0 N–H and O–H groups in total. The second-order valence-electron chi connectivity index (χ2n) is 4.42. The average Bonchev–Trinajstić information content (AvgIpc) is 3.01. The molecule has 1 unspecified atom stereocenters. The molecule has 2 aromatic rings. The van der Waals surface area contributed by atoms with Crippen LogP contribution in [-0.2, 0) is 6.54 Å². The van der Waals surface area contributed by atoms with Crippen molar-refractivity contribution in [3.05, 3.63) is 46.2 Å². The number of ether oxygens (including phenoxy) is 1. The van der Waals surface area contributed by atoms with Gasteiger partial charge < -0.3 is 4.74 Å². The Bertz CT molecular complexity index is 636. The summed E-state index contributed by atoms with van der Waals surface area (Å²) in [5.41, 5.74) is 1.58. The number of hydrogen-bond donors (Lipinski definition) is 0. The van der Waals surface area contributed by atoms with Crippen LogP contribution in [0.25, 0.3) is 0 Å². The molecule has 0 saturated carbocycles. The first-order valence-electron chi connectivity index (χ1n) is 6.19. The standard InChI is InChI=1S/C14H13BrN2O2/c1-2-17-13(11(15)7-16-17)14(18)10-8-19-12-6-4-3-5-9(10)12/h3-7,10H,2,8H2,1H3. The molecule has 0 amide bonds. The molecule has 5 heteroatoms. The van der Waals surface area contributed by atoms with Gasteiger partial charge in [-0.25, -0.2) is 0 Å². The lowest BCUT2D eigenvalue weighted by Crippen LogP contribution is -2.19. The summed E-state index contributed by atoms with van der Waals surface area (Å²) >= 11 is 3.40. The van der Waals surface area contributed by atoms with E-state index in [1.54, 1.807) is 10.9 Å². The van der Waals surface area contributed by atoms with Gasteiger partial charge in [-0.2, -0.15) is 5.10 Å². The van der Waals surface area contributed by atoms with E-state index in [1.807, 2.05) is 31.2 Å². The monoisotopic (exact) mass is 320 g/mol. The highest BCUT2D eigenvalue weighted by Gasteiger charge is 2.33. The minimum absolute atomic E-state index is 0.0520. The summed E-state index contributed by atoms with van der Waals surface area (Å²) in [5, 5.41) is 4.19. The average molecular weight is 321 g/mol. The van der Waals surface area contributed by atoms with Gasteiger partial charge in [0, 0.05) is 12.1 Å². The van der Waals surface area contributed by atoms with Crippen molar-refractivity contribution < 1.29 is 9.53 Å². The van der Waals surface area contributed by atoms with Gasteiger partial charge >= 0.3 is 0 Å². The van der Waals surface area contributed by atoms with Crippen LogP contribution in [0.4, 0.5) is 0 Å². The maximum absolute atomic E-state index is 12.7. The number of aromatic nitrogens is 2. The molecule has 3 rings (SSSR count). The van der Waals surface area contributed by atoms with Gasteiger partial charge in [-0.15, -0.1) is 0 Å². The second kappa shape index (κ2) is 4.81. The molecule has 1 aromatic heterocycles. The number of Topliss-reactive ketones (excluding diaryl/α,β-unsaturated/α-hetero) is 1. The molecule has 19 heavy (non-hydrogen) atoms. The first-order chi connectivity index (χ1) is 9.22. The van der Waals surface area contributed by atoms with Crippen LogP contribution in [0.3, 0.4) is 0 Å². The van der Waals surface area contributed by atoms with Crippen LogP contribution in [0.1, 0.15) is 28.9 Å². The Labute approximate surface area is 119 Å². The SMILES string of the molecule is CCn1ncc(Br)c1C(=O)C1COc2ccccc21. The normalized spacial score (nSPS) is 17.1. The van der Waals surface area contributed by atoms with Gasteiger partial charge in [-0.1, -0.05) is 18.2 Å². The summed E-state index contributed by atoms with van der Waals surface area (Å²) in [5.74, 6) is 0.616. The van der Waals surface area contributed by atoms with Gasteiger partial charge in [0.1, 0.15) is 18.1 Å². The Morgan fingerprint density at radius 2 is 2.32 bits per heavy atom. The maximum atomic E-state index is 12.7. The molecule has 1 atom stereocenters. The van der Waals surface area contributed by atoms with E-state index in [2.05, 4.69) is 21.0 Å². The molecule has 0 spiro atoms. The fraction of sp³-hybridized carbons (Fsp3) is 0.286. The molecule has 4 nitrogen and oxygen atoms in total. The lowest BCUT2D eigenvalue weighted by molar-refractivity contribution is 0.0936. The zero-order valence-electron chi connectivity index (χ0n) is 10.5. The van der Waals surface area contributed by atoms with Crippen molar-refractivity contribution in [2.75, 3.05) is 6.61 Å². The van der Waals surface area contributed by atoms with Crippen LogP contribution in [0.2, 0.25) is 0 Å². The first-order valence-corrected chi connectivity index (χ1v) is 6.99. The van der Waals surface area contributed by atoms with Crippen molar-refractivity contribution in [3.8, 4) is 5.75 Å². The van der Waals surface area contributed by atoms with Gasteiger partial charge in [0.05, 0.1) is 16.6 Å². The molecular formula is C14H13BrN2O2. The number of rotatable bonds is 3. The molecule has 0 aliphatic carbocycles. The molecule has 0 fully saturated rings. The number of benzene rings is 1. The molecule has 1 aliphatic heterocycles. The van der Waals surface area contributed by atoms with E-state index >= 15 is 0 Å². The third kappa shape index (κ3) is 1.98. The maximum Gasteiger partial charge on any atom is 0.193 e. The van der Waals surface area contributed by atoms with Gasteiger partial charge in [0.15, 0.2) is 5.78 Å².